The molecule has 2 aliphatic carbocycles. The first kappa shape index (κ1) is 17.8. The molecule has 3 aliphatic rings. The fourth-order valence-corrected chi connectivity index (χ4v) is 4.14. The van der Waals surface area contributed by atoms with Gasteiger partial charge in [0.05, 0.1) is 17.3 Å². The number of allylic oxidation sites excluding steroid dienone is 4. The first-order chi connectivity index (χ1) is 13.2. The highest BCUT2D eigenvalue weighted by Gasteiger charge is 2.32. The number of nitrogen functional groups attached to an aromatic ring is 1. The van der Waals surface area contributed by atoms with Gasteiger partial charge in [-0.3, -0.25) is 0 Å². The van der Waals surface area contributed by atoms with Gasteiger partial charge in [0.2, 0.25) is 0 Å². The van der Waals surface area contributed by atoms with Crippen LogP contribution in [0.5, 0.6) is 0 Å². The summed E-state index contributed by atoms with van der Waals surface area (Å²) in [5.74, 6) is 7.66. The van der Waals surface area contributed by atoms with E-state index in [9.17, 15) is 0 Å². The molecule has 0 saturated heterocycles. The van der Waals surface area contributed by atoms with Crippen LogP contribution in [-0.2, 0) is 0 Å². The minimum absolute atomic E-state index is 0.0777. The van der Waals surface area contributed by atoms with Gasteiger partial charge >= 0.3 is 0 Å². The van der Waals surface area contributed by atoms with Crippen molar-refractivity contribution < 1.29 is 0 Å². The SMILES string of the molecule is CC1C=CC(C2=NN=C(c3cccc(N)c3)/C3=C/CCCCCC23)C#CC1. The Morgan fingerprint density at radius 1 is 1.11 bits per heavy atom. The maximum Gasteiger partial charge on any atom is 0.0965 e. The Kier molecular flexibility index (Phi) is 5.25. The van der Waals surface area contributed by atoms with Crippen molar-refractivity contribution in [1.82, 2.24) is 0 Å². The summed E-state index contributed by atoms with van der Waals surface area (Å²) < 4.78 is 0. The average Bonchev–Trinajstić information content (AvgIpc) is 2.86. The number of nitrogens with two attached hydrogens (primary N) is 1. The number of rotatable bonds is 2. The van der Waals surface area contributed by atoms with E-state index in [4.69, 9.17) is 10.8 Å². The van der Waals surface area contributed by atoms with E-state index in [1.54, 1.807) is 0 Å². The summed E-state index contributed by atoms with van der Waals surface area (Å²) >= 11 is 0. The van der Waals surface area contributed by atoms with Gasteiger partial charge in [0, 0.05) is 23.6 Å². The largest absolute Gasteiger partial charge is 0.399 e. The lowest BCUT2D eigenvalue weighted by atomic mass is 9.77. The van der Waals surface area contributed by atoms with E-state index >= 15 is 0 Å². The second-order valence-corrected chi connectivity index (χ2v) is 7.81. The highest BCUT2D eigenvalue weighted by molar-refractivity contribution is 6.18. The van der Waals surface area contributed by atoms with Crippen LogP contribution in [0.3, 0.4) is 0 Å². The van der Waals surface area contributed by atoms with Crippen LogP contribution in [0.15, 0.2) is 58.3 Å². The minimum atomic E-state index is 0.0777. The van der Waals surface area contributed by atoms with Crippen LogP contribution in [0, 0.1) is 29.6 Å². The summed E-state index contributed by atoms with van der Waals surface area (Å²) in [6.45, 7) is 2.22. The average molecular weight is 358 g/mol. The number of nitrogens with zero attached hydrogens (tertiary/aromatic N) is 2. The Hall–Kier alpha value is -2.60. The van der Waals surface area contributed by atoms with Gasteiger partial charge in [0.15, 0.2) is 0 Å². The Balaban J connectivity index is 1.78. The van der Waals surface area contributed by atoms with Crippen LogP contribution in [-0.4, -0.2) is 11.4 Å². The van der Waals surface area contributed by atoms with Crippen molar-refractivity contribution in [2.75, 3.05) is 5.73 Å². The molecule has 27 heavy (non-hydrogen) atoms. The second kappa shape index (κ2) is 7.96. The topological polar surface area (TPSA) is 50.7 Å². The van der Waals surface area contributed by atoms with Gasteiger partial charge in [0.25, 0.3) is 0 Å². The highest BCUT2D eigenvalue weighted by atomic mass is 15.2. The molecule has 2 N–H and O–H groups in total. The van der Waals surface area contributed by atoms with Crippen LogP contribution in [0.2, 0.25) is 0 Å². The van der Waals surface area contributed by atoms with Crippen molar-refractivity contribution >= 4 is 17.1 Å². The molecular weight excluding hydrogens is 330 g/mol. The van der Waals surface area contributed by atoms with Crippen molar-refractivity contribution in [3.8, 4) is 11.8 Å². The molecule has 3 heteroatoms. The number of fused-ring (bicyclic) bond motifs is 1. The third-order valence-electron chi connectivity index (χ3n) is 5.62. The van der Waals surface area contributed by atoms with Crippen LogP contribution in [0.4, 0.5) is 5.69 Å². The van der Waals surface area contributed by atoms with E-state index in [1.807, 2.05) is 18.2 Å². The fraction of sp³-hybridized carbons (Fsp3) is 0.417. The molecule has 0 radical (unpaired) electrons. The first-order valence-corrected chi connectivity index (χ1v) is 10.1. The van der Waals surface area contributed by atoms with Crippen molar-refractivity contribution in [3.05, 3.63) is 53.6 Å². The van der Waals surface area contributed by atoms with Crippen LogP contribution >= 0.6 is 0 Å². The third kappa shape index (κ3) is 3.90. The quantitative estimate of drug-likeness (QED) is 0.444. The van der Waals surface area contributed by atoms with E-state index in [0.717, 1.165) is 41.9 Å². The van der Waals surface area contributed by atoms with Gasteiger partial charge in [-0.15, -0.1) is 5.92 Å². The summed E-state index contributed by atoms with van der Waals surface area (Å²) in [4.78, 5) is 0. The lowest BCUT2D eigenvalue weighted by molar-refractivity contribution is 0.579. The molecule has 138 valence electrons. The normalized spacial score (nSPS) is 29.5. The smallest absolute Gasteiger partial charge is 0.0965 e. The van der Waals surface area contributed by atoms with Gasteiger partial charge in [-0.1, -0.05) is 56.0 Å². The van der Waals surface area contributed by atoms with Crippen molar-refractivity contribution in [1.29, 1.82) is 0 Å². The molecule has 0 saturated carbocycles. The van der Waals surface area contributed by atoms with E-state index in [2.05, 4.69) is 48.2 Å². The molecule has 0 amide bonds. The van der Waals surface area contributed by atoms with E-state index in [-0.39, 0.29) is 5.92 Å². The molecule has 3 unspecified atom stereocenters. The van der Waals surface area contributed by atoms with Crippen LogP contribution in [0.1, 0.15) is 51.0 Å². The highest BCUT2D eigenvalue weighted by Crippen LogP contribution is 2.34. The molecule has 3 nitrogen and oxygen atoms in total. The summed E-state index contributed by atoms with van der Waals surface area (Å²) in [5, 5.41) is 9.42. The lowest BCUT2D eigenvalue weighted by Crippen LogP contribution is -2.30. The second-order valence-electron chi connectivity index (χ2n) is 7.81. The van der Waals surface area contributed by atoms with Gasteiger partial charge in [-0.25, -0.2) is 0 Å². The predicted octanol–water partition coefficient (Wildman–Crippen LogP) is 5.15. The van der Waals surface area contributed by atoms with Crippen LogP contribution < -0.4 is 5.73 Å². The molecule has 1 aromatic rings. The molecule has 4 rings (SSSR count). The van der Waals surface area contributed by atoms with Gasteiger partial charge in [0.1, 0.15) is 0 Å². The Morgan fingerprint density at radius 2 is 2.04 bits per heavy atom. The molecule has 1 aromatic carbocycles. The molecule has 0 aromatic heterocycles. The molecule has 0 bridgehead atoms. The lowest BCUT2D eigenvalue weighted by Gasteiger charge is -2.29. The Bertz CT molecular complexity index is 892. The van der Waals surface area contributed by atoms with E-state index < -0.39 is 0 Å². The third-order valence-corrected chi connectivity index (χ3v) is 5.62. The minimum Gasteiger partial charge on any atom is -0.399 e. The maximum absolute atomic E-state index is 6.03. The number of benzene rings is 1. The maximum atomic E-state index is 6.03. The number of hydrogen-bond acceptors (Lipinski definition) is 3. The Labute approximate surface area is 162 Å². The number of hydrogen-bond donors (Lipinski definition) is 1. The summed E-state index contributed by atoms with van der Waals surface area (Å²) in [6.07, 6.45) is 13.8. The molecule has 3 atom stereocenters. The summed E-state index contributed by atoms with van der Waals surface area (Å²) in [7, 11) is 0. The monoisotopic (exact) mass is 357 g/mol. The van der Waals surface area contributed by atoms with E-state index in [0.29, 0.717) is 11.8 Å². The fourth-order valence-electron chi connectivity index (χ4n) is 4.14. The summed E-state index contributed by atoms with van der Waals surface area (Å²) in [5.41, 5.74) is 11.3. The molecule has 1 heterocycles. The summed E-state index contributed by atoms with van der Waals surface area (Å²) in [6, 6.07) is 7.99. The van der Waals surface area contributed by atoms with Gasteiger partial charge in [-0.2, -0.15) is 10.2 Å². The molecule has 1 aliphatic heterocycles. The van der Waals surface area contributed by atoms with Gasteiger partial charge < -0.3 is 5.73 Å². The molecule has 0 fully saturated rings. The van der Waals surface area contributed by atoms with Crippen molar-refractivity contribution in [3.63, 3.8) is 0 Å². The van der Waals surface area contributed by atoms with Crippen LogP contribution in [0.25, 0.3) is 0 Å². The zero-order valence-corrected chi connectivity index (χ0v) is 16.0. The standard InChI is InChI=1S/C24H27N3/c1-17-8-6-9-18(15-14-17)23-21-12-4-2-3-5-13-22(21)24(27-26-23)19-10-7-11-20(25)16-19/h7,10-11,13-18,21H,2-5,8,12,25H2,1H3/b22-13+. The zero-order chi connectivity index (χ0) is 18.6. The molecular formula is C24H27N3. The van der Waals surface area contributed by atoms with Gasteiger partial charge in [-0.05, 0) is 42.9 Å². The Morgan fingerprint density at radius 3 is 2.93 bits per heavy atom. The first-order valence-electron chi connectivity index (χ1n) is 10.1. The van der Waals surface area contributed by atoms with Crippen molar-refractivity contribution in [2.45, 2.75) is 45.4 Å². The number of anilines is 1. The molecule has 0 spiro atoms. The predicted molar refractivity (Wildman–Crippen MR) is 114 cm³/mol. The van der Waals surface area contributed by atoms with E-state index in [1.165, 1.54) is 24.8 Å². The zero-order valence-electron chi connectivity index (χ0n) is 16.0. The van der Waals surface area contributed by atoms with Crippen molar-refractivity contribution in [2.24, 2.45) is 28.0 Å².